The number of carbonyl (C=O) groups is 1. The lowest BCUT2D eigenvalue weighted by Crippen LogP contribution is -2.45. The van der Waals surface area contributed by atoms with Gasteiger partial charge in [0.25, 0.3) is 0 Å². The van der Waals surface area contributed by atoms with Crippen LogP contribution in [0.2, 0.25) is 0 Å². The maximum atomic E-state index is 13.1. The third-order valence-electron chi connectivity index (χ3n) is 17.1. The Morgan fingerprint density at radius 2 is 0.663 bits per heavy atom. The second-order valence-electron chi connectivity index (χ2n) is 26.7. The Bertz CT molecular complexity index is 1450. The molecule has 0 aliphatic rings. The molecule has 0 aromatic rings. The van der Waals surface area contributed by atoms with Crippen molar-refractivity contribution in [3.63, 3.8) is 0 Å². The Kier molecular flexibility index (Phi) is 64.2. The molecule has 0 fully saturated rings. The van der Waals surface area contributed by atoms with Gasteiger partial charge in [-0.2, -0.15) is 0 Å². The SMILES string of the molecule is CCCCCCCCCCCCCCCCCC/C=C\CCCCCCCCCCCCCCCCCCCC(=O)NC(COP(=O)(O)OCC[N+](C)(C)C)C(O)/C=C/CC/C=C/CCCCCCCCCCCCCCCCCCCC. The Morgan fingerprint density at radius 3 is 0.964 bits per heavy atom. The first-order valence-electron chi connectivity index (χ1n) is 36.9. The van der Waals surface area contributed by atoms with E-state index in [1.54, 1.807) is 6.08 Å². The van der Waals surface area contributed by atoms with Crippen molar-refractivity contribution in [3.8, 4) is 0 Å². The van der Waals surface area contributed by atoms with Crippen molar-refractivity contribution >= 4 is 13.7 Å². The monoisotopic (exact) mass is 1190 g/mol. The number of nitrogens with one attached hydrogen (secondary N) is 1. The third-order valence-corrected chi connectivity index (χ3v) is 18.1. The average Bonchev–Trinajstić information content (AvgIpc) is 3.50. The lowest BCUT2D eigenvalue weighted by molar-refractivity contribution is -0.870. The average molecular weight is 1190 g/mol. The topological polar surface area (TPSA) is 105 Å². The van der Waals surface area contributed by atoms with Gasteiger partial charge in [0.2, 0.25) is 5.91 Å². The van der Waals surface area contributed by atoms with Crippen LogP contribution in [0, 0.1) is 0 Å². The Hall–Kier alpha value is -1.28. The Labute approximate surface area is 518 Å². The fraction of sp³-hybridized carbons (Fsp3) is 0.905. The molecule has 0 aliphatic heterocycles. The largest absolute Gasteiger partial charge is 0.472 e. The number of carbonyl (C=O) groups excluding carboxylic acids is 1. The zero-order chi connectivity index (χ0) is 60.5. The van der Waals surface area contributed by atoms with Crippen molar-refractivity contribution in [2.75, 3.05) is 40.9 Å². The van der Waals surface area contributed by atoms with Gasteiger partial charge in [0.05, 0.1) is 39.9 Å². The number of phosphoric ester groups is 1. The number of quaternary nitrogens is 1. The van der Waals surface area contributed by atoms with Gasteiger partial charge in [-0.15, -0.1) is 0 Å². The van der Waals surface area contributed by atoms with Crippen LogP contribution in [-0.2, 0) is 18.4 Å². The summed E-state index contributed by atoms with van der Waals surface area (Å²) < 4.78 is 23.8. The quantitative estimate of drug-likeness (QED) is 0.0243. The lowest BCUT2D eigenvalue weighted by atomic mass is 10.0. The molecule has 0 radical (unpaired) electrons. The molecule has 0 bridgehead atoms. The van der Waals surface area contributed by atoms with Crippen molar-refractivity contribution < 1.29 is 32.9 Å². The summed E-state index contributed by atoms with van der Waals surface area (Å²) in [5.41, 5.74) is 0. The fourth-order valence-electron chi connectivity index (χ4n) is 11.4. The van der Waals surface area contributed by atoms with Gasteiger partial charge in [-0.25, -0.2) is 4.57 Å². The van der Waals surface area contributed by atoms with E-state index in [9.17, 15) is 19.4 Å². The predicted molar refractivity (Wildman–Crippen MR) is 365 cm³/mol. The molecule has 0 aromatic carbocycles. The van der Waals surface area contributed by atoms with Gasteiger partial charge in [-0.1, -0.05) is 352 Å². The normalized spacial score (nSPS) is 13.8. The van der Waals surface area contributed by atoms with Crippen molar-refractivity contribution in [3.05, 3.63) is 36.5 Å². The first-order chi connectivity index (χ1) is 40.5. The molecule has 3 atom stereocenters. The lowest BCUT2D eigenvalue weighted by Gasteiger charge is -2.25. The number of rotatable bonds is 69. The van der Waals surface area contributed by atoms with E-state index in [4.69, 9.17) is 9.05 Å². The van der Waals surface area contributed by atoms with Crippen LogP contribution in [0.3, 0.4) is 0 Å². The molecule has 0 saturated carbocycles. The van der Waals surface area contributed by atoms with E-state index in [1.807, 2.05) is 27.2 Å². The molecule has 83 heavy (non-hydrogen) atoms. The first-order valence-corrected chi connectivity index (χ1v) is 38.4. The summed E-state index contributed by atoms with van der Waals surface area (Å²) in [5, 5.41) is 14.0. The summed E-state index contributed by atoms with van der Waals surface area (Å²) in [5.74, 6) is -0.179. The Balaban J connectivity index is 3.99. The fourth-order valence-corrected chi connectivity index (χ4v) is 12.1. The second kappa shape index (κ2) is 65.2. The first kappa shape index (κ1) is 81.7. The number of phosphoric acid groups is 1. The summed E-state index contributed by atoms with van der Waals surface area (Å²) in [7, 11) is 1.57. The highest BCUT2D eigenvalue weighted by Crippen LogP contribution is 2.43. The highest BCUT2D eigenvalue weighted by atomic mass is 31.2. The summed E-state index contributed by atoms with van der Waals surface area (Å²) in [6.45, 7) is 4.86. The number of amides is 1. The molecular formula is C74H146N2O6P+. The highest BCUT2D eigenvalue weighted by molar-refractivity contribution is 7.47. The van der Waals surface area contributed by atoms with Crippen LogP contribution in [-0.4, -0.2) is 73.4 Å². The molecular weight excluding hydrogens is 1040 g/mol. The Morgan fingerprint density at radius 1 is 0.398 bits per heavy atom. The van der Waals surface area contributed by atoms with Crippen molar-refractivity contribution in [2.24, 2.45) is 0 Å². The van der Waals surface area contributed by atoms with Crippen molar-refractivity contribution in [2.45, 2.75) is 392 Å². The number of likely N-dealkylation sites (N-methyl/N-ethyl adjacent to an activating group) is 1. The molecule has 8 nitrogen and oxygen atoms in total. The van der Waals surface area contributed by atoms with Crippen LogP contribution in [0.5, 0.6) is 0 Å². The van der Waals surface area contributed by atoms with E-state index in [2.05, 4.69) is 43.5 Å². The third kappa shape index (κ3) is 68.1. The van der Waals surface area contributed by atoms with Gasteiger partial charge in [-0.05, 0) is 57.8 Å². The minimum atomic E-state index is -4.36. The molecule has 3 N–H and O–H groups in total. The summed E-state index contributed by atoms with van der Waals surface area (Å²) >= 11 is 0. The number of hydrogen-bond donors (Lipinski definition) is 3. The number of hydrogen-bond acceptors (Lipinski definition) is 5. The number of allylic oxidation sites excluding steroid dienone is 5. The number of aliphatic hydroxyl groups excluding tert-OH is 1. The molecule has 0 spiro atoms. The van der Waals surface area contributed by atoms with Gasteiger partial charge >= 0.3 is 7.82 Å². The second-order valence-corrected chi connectivity index (χ2v) is 28.1. The van der Waals surface area contributed by atoms with Crippen LogP contribution in [0.4, 0.5) is 0 Å². The van der Waals surface area contributed by atoms with E-state index < -0.39 is 20.0 Å². The summed E-state index contributed by atoms with van der Waals surface area (Å²) in [6, 6.07) is -0.864. The van der Waals surface area contributed by atoms with E-state index in [-0.39, 0.29) is 19.1 Å². The van der Waals surface area contributed by atoms with Gasteiger partial charge < -0.3 is 19.8 Å². The number of nitrogens with zero attached hydrogens (tertiary/aromatic N) is 1. The van der Waals surface area contributed by atoms with Gasteiger partial charge in [-0.3, -0.25) is 13.8 Å². The van der Waals surface area contributed by atoms with Crippen LogP contribution < -0.4 is 5.32 Å². The zero-order valence-corrected chi connectivity index (χ0v) is 57.4. The molecule has 0 aromatic heterocycles. The number of aliphatic hydroxyl groups is 1. The molecule has 0 saturated heterocycles. The van der Waals surface area contributed by atoms with Crippen LogP contribution >= 0.6 is 7.82 Å². The van der Waals surface area contributed by atoms with Gasteiger partial charge in [0.15, 0.2) is 0 Å². The molecule has 0 heterocycles. The smallest absolute Gasteiger partial charge is 0.387 e. The maximum Gasteiger partial charge on any atom is 0.472 e. The molecule has 492 valence electrons. The minimum Gasteiger partial charge on any atom is -0.387 e. The van der Waals surface area contributed by atoms with E-state index in [0.29, 0.717) is 17.4 Å². The van der Waals surface area contributed by atoms with Gasteiger partial charge in [0.1, 0.15) is 13.2 Å². The van der Waals surface area contributed by atoms with Crippen molar-refractivity contribution in [1.82, 2.24) is 5.32 Å². The molecule has 0 rings (SSSR count). The minimum absolute atomic E-state index is 0.0579. The molecule has 1 amide bonds. The van der Waals surface area contributed by atoms with E-state index in [0.717, 1.165) is 38.5 Å². The standard InChI is InChI=1S/C74H145N2O6P/c1-6-8-10-12-14-16-18-20-22-24-26-28-30-32-33-34-35-36-37-38-39-40-41-42-43-44-46-48-50-52-54-56-58-60-62-64-66-68-74(78)75-72(71-82-83(79,80)81-70-69-76(3,4)5)73(77)67-65-63-61-59-57-55-53-51-49-47-45-31-29-27-25-23-21-19-17-15-13-11-9-7-2/h36-37,57,59,65,67,72-73,77H,6-35,38-56,58,60-64,66,68-71H2,1-5H3,(H-,75,78,79,80)/p+1/b37-36-,59-57+,67-65+. The van der Waals surface area contributed by atoms with E-state index >= 15 is 0 Å². The molecule has 3 unspecified atom stereocenters. The molecule has 9 heteroatoms. The van der Waals surface area contributed by atoms with E-state index in [1.165, 1.54) is 321 Å². The van der Waals surface area contributed by atoms with Crippen LogP contribution in [0.1, 0.15) is 380 Å². The zero-order valence-electron chi connectivity index (χ0n) is 56.5. The maximum absolute atomic E-state index is 13.1. The van der Waals surface area contributed by atoms with Crippen LogP contribution in [0.25, 0.3) is 0 Å². The van der Waals surface area contributed by atoms with Crippen LogP contribution in [0.15, 0.2) is 36.5 Å². The van der Waals surface area contributed by atoms with Crippen molar-refractivity contribution in [1.29, 1.82) is 0 Å². The molecule has 0 aliphatic carbocycles. The predicted octanol–water partition coefficient (Wildman–Crippen LogP) is 23.6. The van der Waals surface area contributed by atoms with Gasteiger partial charge in [0, 0.05) is 6.42 Å². The highest BCUT2D eigenvalue weighted by Gasteiger charge is 2.28. The number of unbranched alkanes of at least 4 members (excludes halogenated alkanes) is 52. The summed E-state index contributed by atoms with van der Waals surface area (Å²) in [4.78, 5) is 23.4. The summed E-state index contributed by atoms with van der Waals surface area (Å²) in [6.07, 6.45) is 87.5.